The molecule has 7 nitrogen and oxygen atoms in total. The average Bonchev–Trinajstić information content (AvgIpc) is 3.02. The molecule has 1 fully saturated rings. The minimum Gasteiger partial charge on any atom is -0.423 e. The Morgan fingerprint density at radius 2 is 2.20 bits per heavy atom. The van der Waals surface area contributed by atoms with E-state index in [0.29, 0.717) is 12.1 Å². The Labute approximate surface area is 114 Å². The summed E-state index contributed by atoms with van der Waals surface area (Å²) in [6, 6.07) is 4.78. The zero-order chi connectivity index (χ0) is 14.2. The molecular weight excluding hydrogens is 262 g/mol. The van der Waals surface area contributed by atoms with Crippen molar-refractivity contribution in [3.8, 4) is 0 Å². The molecule has 0 spiro atoms. The number of benzene rings is 1. The van der Waals surface area contributed by atoms with Crippen molar-refractivity contribution in [1.29, 1.82) is 0 Å². The number of para-hydroxylation sites is 1. The second kappa shape index (κ2) is 4.75. The number of nitro groups is 1. The molecule has 0 amide bonds. The number of nitrogens with one attached hydrogen (secondary N) is 1. The highest BCUT2D eigenvalue weighted by atomic mass is 16.6. The van der Waals surface area contributed by atoms with Crippen molar-refractivity contribution in [2.45, 2.75) is 31.3 Å². The van der Waals surface area contributed by atoms with Crippen molar-refractivity contribution in [1.82, 2.24) is 4.98 Å². The maximum absolute atomic E-state index is 10.9. The van der Waals surface area contributed by atoms with Crippen LogP contribution < -0.4 is 5.32 Å². The summed E-state index contributed by atoms with van der Waals surface area (Å²) >= 11 is 0. The Morgan fingerprint density at radius 3 is 2.90 bits per heavy atom. The van der Waals surface area contributed by atoms with E-state index in [-0.39, 0.29) is 17.2 Å². The molecule has 1 aliphatic carbocycles. The summed E-state index contributed by atoms with van der Waals surface area (Å²) in [6.45, 7) is 0.341. The van der Waals surface area contributed by atoms with E-state index in [0.717, 1.165) is 25.7 Å². The minimum atomic E-state index is -0.730. The monoisotopic (exact) mass is 277 g/mol. The summed E-state index contributed by atoms with van der Waals surface area (Å²) in [7, 11) is 0. The van der Waals surface area contributed by atoms with Crippen LogP contribution in [0, 0.1) is 10.1 Å². The summed E-state index contributed by atoms with van der Waals surface area (Å²) in [4.78, 5) is 14.5. The molecule has 7 heteroatoms. The van der Waals surface area contributed by atoms with Crippen LogP contribution in [-0.2, 0) is 0 Å². The van der Waals surface area contributed by atoms with Gasteiger partial charge in [-0.1, -0.05) is 18.9 Å². The fraction of sp³-hybridized carbons (Fsp3) is 0.462. The minimum absolute atomic E-state index is 0.0844. The van der Waals surface area contributed by atoms with E-state index >= 15 is 0 Å². The third-order valence-corrected chi connectivity index (χ3v) is 3.70. The second-order valence-corrected chi connectivity index (χ2v) is 5.19. The Balaban J connectivity index is 1.82. The summed E-state index contributed by atoms with van der Waals surface area (Å²) in [5.41, 5.74) is -0.232. The number of nitrogens with zero attached hydrogens (tertiary/aromatic N) is 2. The number of aromatic nitrogens is 1. The van der Waals surface area contributed by atoms with E-state index in [1.807, 2.05) is 0 Å². The SMILES string of the molecule is O=[N+]([O-])c1cccc2oc(NCC3(O)CCCC3)nc12. The van der Waals surface area contributed by atoms with Gasteiger partial charge in [0.1, 0.15) is 0 Å². The van der Waals surface area contributed by atoms with E-state index in [2.05, 4.69) is 10.3 Å². The molecule has 2 N–H and O–H groups in total. The van der Waals surface area contributed by atoms with Crippen molar-refractivity contribution in [2.24, 2.45) is 0 Å². The topological polar surface area (TPSA) is 101 Å². The standard InChI is InChI=1S/C13H15N3O4/c17-13(6-1-2-7-13)8-14-12-15-11-9(16(18)19)4-3-5-10(11)20-12/h3-5,17H,1-2,6-8H2,(H,14,15). The van der Waals surface area contributed by atoms with Gasteiger partial charge < -0.3 is 14.8 Å². The Kier molecular flexibility index (Phi) is 3.06. The predicted octanol–water partition coefficient (Wildman–Crippen LogP) is 2.45. The molecule has 1 heterocycles. The lowest BCUT2D eigenvalue weighted by Crippen LogP contribution is -2.33. The fourth-order valence-corrected chi connectivity index (χ4v) is 2.61. The smallest absolute Gasteiger partial charge is 0.298 e. The first-order valence-corrected chi connectivity index (χ1v) is 6.58. The number of rotatable bonds is 4. The van der Waals surface area contributed by atoms with Crippen LogP contribution in [0.25, 0.3) is 11.1 Å². The number of anilines is 1. The highest BCUT2D eigenvalue weighted by Crippen LogP contribution is 2.31. The van der Waals surface area contributed by atoms with Crippen LogP contribution in [0.2, 0.25) is 0 Å². The van der Waals surface area contributed by atoms with Crippen LogP contribution in [0.3, 0.4) is 0 Å². The zero-order valence-electron chi connectivity index (χ0n) is 10.8. The lowest BCUT2D eigenvalue weighted by molar-refractivity contribution is -0.383. The third kappa shape index (κ3) is 2.32. The number of fused-ring (bicyclic) bond motifs is 1. The molecule has 0 atom stereocenters. The Morgan fingerprint density at radius 1 is 1.45 bits per heavy atom. The predicted molar refractivity (Wildman–Crippen MR) is 72.6 cm³/mol. The first-order chi connectivity index (χ1) is 9.57. The normalized spacial score (nSPS) is 17.4. The first kappa shape index (κ1) is 12.9. The summed E-state index contributed by atoms with van der Waals surface area (Å²) in [5, 5.41) is 24.1. The van der Waals surface area contributed by atoms with Gasteiger partial charge in [0, 0.05) is 12.6 Å². The molecule has 106 valence electrons. The fourth-order valence-electron chi connectivity index (χ4n) is 2.61. The summed E-state index contributed by atoms with van der Waals surface area (Å²) in [5.74, 6) is 0. The summed E-state index contributed by atoms with van der Waals surface area (Å²) in [6.07, 6.45) is 3.52. The molecule has 3 rings (SSSR count). The Hall–Kier alpha value is -2.15. The van der Waals surface area contributed by atoms with Gasteiger partial charge in [0.15, 0.2) is 11.1 Å². The van der Waals surface area contributed by atoms with Gasteiger partial charge in [-0.15, -0.1) is 0 Å². The van der Waals surface area contributed by atoms with Crippen LogP contribution in [0.15, 0.2) is 22.6 Å². The number of hydrogen-bond acceptors (Lipinski definition) is 6. The molecule has 0 unspecified atom stereocenters. The largest absolute Gasteiger partial charge is 0.423 e. The van der Waals surface area contributed by atoms with Crippen molar-refractivity contribution < 1.29 is 14.4 Å². The van der Waals surface area contributed by atoms with E-state index in [1.165, 1.54) is 6.07 Å². The van der Waals surface area contributed by atoms with Gasteiger partial charge in [-0.05, 0) is 18.9 Å². The Bertz CT molecular complexity index is 646. The lowest BCUT2D eigenvalue weighted by atomic mass is 10.0. The van der Waals surface area contributed by atoms with Crippen LogP contribution in [0.1, 0.15) is 25.7 Å². The van der Waals surface area contributed by atoms with Crippen molar-refractivity contribution in [3.05, 3.63) is 28.3 Å². The molecule has 1 saturated carbocycles. The van der Waals surface area contributed by atoms with Crippen molar-refractivity contribution in [3.63, 3.8) is 0 Å². The van der Waals surface area contributed by atoms with Gasteiger partial charge in [0.05, 0.1) is 10.5 Å². The van der Waals surface area contributed by atoms with Crippen LogP contribution >= 0.6 is 0 Å². The molecular formula is C13H15N3O4. The number of aliphatic hydroxyl groups is 1. The van der Waals surface area contributed by atoms with Gasteiger partial charge in [0.2, 0.25) is 0 Å². The number of non-ortho nitro benzene ring substituents is 1. The van der Waals surface area contributed by atoms with Crippen LogP contribution in [0.4, 0.5) is 11.7 Å². The quantitative estimate of drug-likeness (QED) is 0.657. The summed E-state index contributed by atoms with van der Waals surface area (Å²) < 4.78 is 5.43. The zero-order valence-corrected chi connectivity index (χ0v) is 10.8. The van der Waals surface area contributed by atoms with E-state index in [1.54, 1.807) is 12.1 Å². The molecule has 0 bridgehead atoms. The molecule has 0 aliphatic heterocycles. The molecule has 0 radical (unpaired) electrons. The second-order valence-electron chi connectivity index (χ2n) is 5.19. The van der Waals surface area contributed by atoms with Gasteiger partial charge >= 0.3 is 0 Å². The maximum Gasteiger partial charge on any atom is 0.298 e. The molecule has 2 aromatic rings. The highest BCUT2D eigenvalue weighted by molar-refractivity contribution is 5.83. The first-order valence-electron chi connectivity index (χ1n) is 6.58. The average molecular weight is 277 g/mol. The number of hydrogen-bond donors (Lipinski definition) is 2. The molecule has 20 heavy (non-hydrogen) atoms. The van der Waals surface area contributed by atoms with Gasteiger partial charge in [-0.2, -0.15) is 4.98 Å². The molecule has 1 aromatic heterocycles. The third-order valence-electron chi connectivity index (χ3n) is 3.70. The lowest BCUT2D eigenvalue weighted by Gasteiger charge is -2.21. The van der Waals surface area contributed by atoms with Gasteiger partial charge in [0.25, 0.3) is 11.7 Å². The van der Waals surface area contributed by atoms with Crippen LogP contribution in [-0.4, -0.2) is 27.2 Å². The van der Waals surface area contributed by atoms with E-state index < -0.39 is 10.5 Å². The number of nitro benzene ring substituents is 1. The van der Waals surface area contributed by atoms with Crippen LogP contribution in [0.5, 0.6) is 0 Å². The van der Waals surface area contributed by atoms with E-state index in [4.69, 9.17) is 4.42 Å². The maximum atomic E-state index is 10.9. The van der Waals surface area contributed by atoms with Gasteiger partial charge in [-0.25, -0.2) is 0 Å². The molecule has 0 saturated heterocycles. The number of oxazole rings is 1. The highest BCUT2D eigenvalue weighted by Gasteiger charge is 2.31. The van der Waals surface area contributed by atoms with E-state index in [9.17, 15) is 15.2 Å². The van der Waals surface area contributed by atoms with Crippen molar-refractivity contribution in [2.75, 3.05) is 11.9 Å². The van der Waals surface area contributed by atoms with Gasteiger partial charge in [-0.3, -0.25) is 10.1 Å². The van der Waals surface area contributed by atoms with Crippen molar-refractivity contribution >= 4 is 22.8 Å². The molecule has 1 aromatic carbocycles. The molecule has 1 aliphatic rings.